The van der Waals surface area contributed by atoms with Gasteiger partial charge in [-0.3, -0.25) is 9.59 Å². The Morgan fingerprint density at radius 1 is 1.13 bits per heavy atom. The molecule has 4 nitrogen and oxygen atoms in total. The maximum absolute atomic E-state index is 12.8. The van der Waals surface area contributed by atoms with E-state index in [1.807, 2.05) is 36.1 Å². The zero-order valence-electron chi connectivity index (χ0n) is 13.2. The van der Waals surface area contributed by atoms with Crippen LogP contribution in [0, 0.1) is 0 Å². The van der Waals surface area contributed by atoms with E-state index in [4.69, 9.17) is 0 Å². The van der Waals surface area contributed by atoms with Crippen LogP contribution in [0.1, 0.15) is 35.7 Å². The van der Waals surface area contributed by atoms with Gasteiger partial charge in [0.1, 0.15) is 0 Å². The minimum atomic E-state index is -0.0264. The third-order valence-corrected chi connectivity index (χ3v) is 4.00. The van der Waals surface area contributed by atoms with E-state index in [1.165, 1.54) is 5.56 Å². The Labute approximate surface area is 136 Å². The first kappa shape index (κ1) is 15.3. The summed E-state index contributed by atoms with van der Waals surface area (Å²) in [5.74, 6) is -0.0508. The van der Waals surface area contributed by atoms with Crippen molar-refractivity contribution in [3.05, 3.63) is 59.7 Å². The van der Waals surface area contributed by atoms with E-state index in [0.29, 0.717) is 24.2 Å². The van der Waals surface area contributed by atoms with Gasteiger partial charge in [0.15, 0.2) is 0 Å². The van der Waals surface area contributed by atoms with Gasteiger partial charge in [0.05, 0.1) is 0 Å². The number of carbonyl (C=O) groups is 2. The molecule has 0 bridgehead atoms. The third-order valence-electron chi connectivity index (χ3n) is 4.00. The number of fused-ring (bicyclic) bond motifs is 1. The third kappa shape index (κ3) is 3.26. The number of anilines is 2. The first-order valence-corrected chi connectivity index (χ1v) is 7.98. The van der Waals surface area contributed by atoms with E-state index in [9.17, 15) is 9.59 Å². The number of hydrogen-bond donors (Lipinski definition) is 1. The summed E-state index contributed by atoms with van der Waals surface area (Å²) >= 11 is 0. The summed E-state index contributed by atoms with van der Waals surface area (Å²) in [6.45, 7) is 2.66. The first-order chi connectivity index (χ1) is 11.2. The Morgan fingerprint density at radius 2 is 1.96 bits per heavy atom. The minimum absolute atomic E-state index is 0.0244. The summed E-state index contributed by atoms with van der Waals surface area (Å²) in [5.41, 5.74) is 3.45. The SMILES string of the molecule is CCCC(=O)Nc1cccc(C(=O)N2CCc3ccccc32)c1. The average Bonchev–Trinajstić information content (AvgIpc) is 2.98. The lowest BCUT2D eigenvalue weighted by Gasteiger charge is -2.18. The van der Waals surface area contributed by atoms with Gasteiger partial charge in [-0.1, -0.05) is 31.2 Å². The fourth-order valence-electron chi connectivity index (χ4n) is 2.89. The summed E-state index contributed by atoms with van der Waals surface area (Å²) in [4.78, 5) is 26.3. The van der Waals surface area contributed by atoms with Crippen molar-refractivity contribution in [2.24, 2.45) is 0 Å². The number of amides is 2. The summed E-state index contributed by atoms with van der Waals surface area (Å²) in [6, 6.07) is 15.1. The maximum atomic E-state index is 12.8. The molecule has 0 aliphatic carbocycles. The predicted molar refractivity (Wildman–Crippen MR) is 91.8 cm³/mol. The quantitative estimate of drug-likeness (QED) is 0.937. The molecule has 0 radical (unpaired) electrons. The van der Waals surface area contributed by atoms with Crippen molar-refractivity contribution in [3.63, 3.8) is 0 Å². The lowest BCUT2D eigenvalue weighted by atomic mass is 10.1. The topological polar surface area (TPSA) is 49.4 Å². The van der Waals surface area contributed by atoms with Gasteiger partial charge >= 0.3 is 0 Å². The van der Waals surface area contributed by atoms with Gasteiger partial charge < -0.3 is 10.2 Å². The monoisotopic (exact) mass is 308 g/mol. The van der Waals surface area contributed by atoms with Crippen molar-refractivity contribution in [1.29, 1.82) is 0 Å². The average molecular weight is 308 g/mol. The maximum Gasteiger partial charge on any atom is 0.258 e. The molecule has 23 heavy (non-hydrogen) atoms. The van der Waals surface area contributed by atoms with Gasteiger partial charge in [-0.15, -0.1) is 0 Å². The predicted octanol–water partition coefficient (Wildman–Crippen LogP) is 3.63. The molecule has 0 saturated carbocycles. The second kappa shape index (κ2) is 6.65. The van der Waals surface area contributed by atoms with Crippen molar-refractivity contribution in [2.75, 3.05) is 16.8 Å². The molecular weight excluding hydrogens is 288 g/mol. The lowest BCUT2D eigenvalue weighted by molar-refractivity contribution is -0.116. The molecule has 1 aliphatic rings. The summed E-state index contributed by atoms with van der Waals surface area (Å²) < 4.78 is 0. The molecule has 0 atom stereocenters. The Kier molecular flexibility index (Phi) is 4.42. The highest BCUT2D eigenvalue weighted by Gasteiger charge is 2.25. The van der Waals surface area contributed by atoms with Gasteiger partial charge in [-0.05, 0) is 42.7 Å². The number of rotatable bonds is 4. The van der Waals surface area contributed by atoms with Crippen LogP contribution in [-0.2, 0) is 11.2 Å². The van der Waals surface area contributed by atoms with Crippen molar-refractivity contribution in [2.45, 2.75) is 26.2 Å². The molecule has 3 rings (SSSR count). The molecule has 0 fully saturated rings. The van der Waals surface area contributed by atoms with Gasteiger partial charge in [-0.25, -0.2) is 0 Å². The van der Waals surface area contributed by atoms with Crippen molar-refractivity contribution < 1.29 is 9.59 Å². The van der Waals surface area contributed by atoms with Gasteiger partial charge in [-0.2, -0.15) is 0 Å². The molecule has 2 amide bonds. The van der Waals surface area contributed by atoms with Crippen LogP contribution in [-0.4, -0.2) is 18.4 Å². The van der Waals surface area contributed by atoms with E-state index in [2.05, 4.69) is 11.4 Å². The molecule has 1 aliphatic heterocycles. The number of nitrogens with zero attached hydrogens (tertiary/aromatic N) is 1. The van der Waals surface area contributed by atoms with Crippen LogP contribution < -0.4 is 10.2 Å². The first-order valence-electron chi connectivity index (χ1n) is 7.98. The fraction of sp³-hybridized carbons (Fsp3) is 0.263. The molecule has 1 N–H and O–H groups in total. The fourth-order valence-corrected chi connectivity index (χ4v) is 2.89. The van der Waals surface area contributed by atoms with E-state index in [0.717, 1.165) is 18.5 Å². The van der Waals surface area contributed by atoms with E-state index >= 15 is 0 Å². The molecule has 0 unspecified atom stereocenters. The van der Waals surface area contributed by atoms with Crippen LogP contribution in [0.3, 0.4) is 0 Å². The van der Waals surface area contributed by atoms with Gasteiger partial charge in [0, 0.05) is 29.9 Å². The molecule has 2 aromatic rings. The highest BCUT2D eigenvalue weighted by Crippen LogP contribution is 2.29. The van der Waals surface area contributed by atoms with E-state index < -0.39 is 0 Å². The molecule has 118 valence electrons. The van der Waals surface area contributed by atoms with Crippen LogP contribution in [0.25, 0.3) is 0 Å². The smallest absolute Gasteiger partial charge is 0.258 e. The standard InChI is InChI=1S/C19H20N2O2/c1-2-6-18(22)20-16-9-5-8-15(13-16)19(23)21-12-11-14-7-3-4-10-17(14)21/h3-5,7-10,13H,2,6,11-12H2,1H3,(H,20,22). The largest absolute Gasteiger partial charge is 0.326 e. The molecular formula is C19H20N2O2. The highest BCUT2D eigenvalue weighted by molar-refractivity contribution is 6.08. The van der Waals surface area contributed by atoms with E-state index in [1.54, 1.807) is 18.2 Å². The number of para-hydroxylation sites is 1. The number of hydrogen-bond acceptors (Lipinski definition) is 2. The van der Waals surface area contributed by atoms with Crippen LogP contribution in [0.15, 0.2) is 48.5 Å². The Hall–Kier alpha value is -2.62. The molecule has 0 saturated heterocycles. The van der Waals surface area contributed by atoms with Crippen LogP contribution in [0.2, 0.25) is 0 Å². The van der Waals surface area contributed by atoms with E-state index in [-0.39, 0.29) is 11.8 Å². The second-order valence-electron chi connectivity index (χ2n) is 5.71. The molecule has 0 spiro atoms. The number of benzene rings is 2. The number of nitrogens with one attached hydrogen (secondary N) is 1. The van der Waals surface area contributed by atoms with Crippen molar-refractivity contribution in [1.82, 2.24) is 0 Å². The Morgan fingerprint density at radius 3 is 2.78 bits per heavy atom. The highest BCUT2D eigenvalue weighted by atomic mass is 16.2. The van der Waals surface area contributed by atoms with Crippen LogP contribution in [0.5, 0.6) is 0 Å². The normalized spacial score (nSPS) is 12.8. The minimum Gasteiger partial charge on any atom is -0.326 e. The molecule has 1 heterocycles. The van der Waals surface area contributed by atoms with Crippen LogP contribution in [0.4, 0.5) is 11.4 Å². The zero-order chi connectivity index (χ0) is 16.2. The zero-order valence-corrected chi connectivity index (χ0v) is 13.2. The van der Waals surface area contributed by atoms with Crippen LogP contribution >= 0.6 is 0 Å². The summed E-state index contributed by atoms with van der Waals surface area (Å²) in [6.07, 6.45) is 2.17. The molecule has 2 aromatic carbocycles. The van der Waals surface area contributed by atoms with Gasteiger partial charge in [0.25, 0.3) is 5.91 Å². The molecule has 0 aromatic heterocycles. The Balaban J connectivity index is 1.80. The van der Waals surface area contributed by atoms with Crippen molar-refractivity contribution >= 4 is 23.2 Å². The van der Waals surface area contributed by atoms with Gasteiger partial charge in [0.2, 0.25) is 5.91 Å². The second-order valence-corrected chi connectivity index (χ2v) is 5.71. The van der Waals surface area contributed by atoms with Crippen molar-refractivity contribution in [3.8, 4) is 0 Å². The number of carbonyl (C=O) groups excluding carboxylic acids is 2. The summed E-state index contributed by atoms with van der Waals surface area (Å²) in [5, 5.41) is 2.84. The summed E-state index contributed by atoms with van der Waals surface area (Å²) in [7, 11) is 0. The molecule has 4 heteroatoms. The lowest BCUT2D eigenvalue weighted by Crippen LogP contribution is -2.28. The Bertz CT molecular complexity index is 740.